The summed E-state index contributed by atoms with van der Waals surface area (Å²) in [6, 6.07) is 16.5. The third kappa shape index (κ3) is 3.75. The van der Waals surface area contributed by atoms with Gasteiger partial charge in [-0.15, -0.1) is 0 Å². The van der Waals surface area contributed by atoms with Crippen molar-refractivity contribution in [2.45, 2.75) is 25.5 Å². The van der Waals surface area contributed by atoms with E-state index in [-0.39, 0.29) is 17.4 Å². The number of rotatable bonds is 3. The summed E-state index contributed by atoms with van der Waals surface area (Å²) < 4.78 is 6.54. The highest BCUT2D eigenvalue weighted by atomic mass is 35.5. The number of benzene rings is 3. The van der Waals surface area contributed by atoms with E-state index in [4.69, 9.17) is 27.9 Å². The van der Waals surface area contributed by atoms with Crippen LogP contribution in [0, 0.1) is 0 Å². The zero-order chi connectivity index (χ0) is 25.1. The summed E-state index contributed by atoms with van der Waals surface area (Å²) in [4.78, 5) is 32.8. The number of ketones is 1. The summed E-state index contributed by atoms with van der Waals surface area (Å²) >= 11 is 13.5. The molecule has 6 nitrogen and oxygen atoms in total. The standard InChI is InChI=1S/C27H18Cl2N2O4S/c1-13-10-16-11-15(4-9-20(16)35-13)24(32)22-23(14-2-5-17(28)6-3-14)31(26(34)25(22)33)27-30-19-8-7-18(29)12-21(19)36-27/h2-9,11-13,23,32H,10H2,1H3/t13-,23+/m1/s1. The van der Waals surface area contributed by atoms with Crippen molar-refractivity contribution >= 4 is 67.3 Å². The molecule has 0 radical (unpaired) electrons. The fraction of sp³-hybridized carbons (Fsp3) is 0.148. The minimum Gasteiger partial charge on any atom is -0.507 e. The van der Waals surface area contributed by atoms with Crippen LogP contribution in [-0.2, 0) is 16.0 Å². The molecule has 0 saturated carbocycles. The van der Waals surface area contributed by atoms with Gasteiger partial charge in [0.2, 0.25) is 0 Å². The molecule has 3 heterocycles. The number of carbonyl (C=O) groups is 2. The lowest BCUT2D eigenvalue weighted by Gasteiger charge is -2.23. The molecule has 0 unspecified atom stereocenters. The lowest BCUT2D eigenvalue weighted by Crippen LogP contribution is -2.29. The number of halogens is 2. The van der Waals surface area contributed by atoms with E-state index in [0.717, 1.165) is 16.0 Å². The lowest BCUT2D eigenvalue weighted by atomic mass is 9.94. The molecule has 1 aromatic heterocycles. The van der Waals surface area contributed by atoms with Crippen molar-refractivity contribution in [3.05, 3.63) is 93.0 Å². The Hall–Kier alpha value is -3.39. The van der Waals surface area contributed by atoms with Gasteiger partial charge < -0.3 is 9.84 Å². The molecule has 1 amide bonds. The monoisotopic (exact) mass is 536 g/mol. The van der Waals surface area contributed by atoms with Gasteiger partial charge in [-0.05, 0) is 66.6 Å². The number of hydrogen-bond donors (Lipinski definition) is 1. The fourth-order valence-corrected chi connectivity index (χ4v) is 6.10. The number of hydrogen-bond acceptors (Lipinski definition) is 6. The van der Waals surface area contributed by atoms with Gasteiger partial charge >= 0.3 is 5.91 Å². The first-order chi connectivity index (χ1) is 17.3. The van der Waals surface area contributed by atoms with Gasteiger partial charge in [0.05, 0.1) is 21.8 Å². The highest BCUT2D eigenvalue weighted by Crippen LogP contribution is 2.45. The third-order valence-electron chi connectivity index (χ3n) is 6.34. The van der Waals surface area contributed by atoms with Crippen molar-refractivity contribution in [3.8, 4) is 5.75 Å². The van der Waals surface area contributed by atoms with Crippen molar-refractivity contribution < 1.29 is 19.4 Å². The van der Waals surface area contributed by atoms with E-state index in [0.29, 0.717) is 38.2 Å². The summed E-state index contributed by atoms with van der Waals surface area (Å²) in [5.41, 5.74) is 2.65. The number of anilines is 1. The predicted molar refractivity (Wildman–Crippen MR) is 141 cm³/mol. The van der Waals surface area contributed by atoms with E-state index in [1.807, 2.05) is 6.92 Å². The maximum absolute atomic E-state index is 13.4. The van der Waals surface area contributed by atoms with Crippen molar-refractivity contribution in [1.82, 2.24) is 4.98 Å². The van der Waals surface area contributed by atoms with Crippen LogP contribution in [0.5, 0.6) is 5.75 Å². The Bertz CT molecular complexity index is 1600. The molecule has 6 rings (SSSR count). The summed E-state index contributed by atoms with van der Waals surface area (Å²) in [5.74, 6) is -1.04. The van der Waals surface area contributed by atoms with Gasteiger partial charge in [0, 0.05) is 22.0 Å². The molecule has 180 valence electrons. The van der Waals surface area contributed by atoms with Crippen LogP contribution in [0.25, 0.3) is 16.0 Å². The Morgan fingerprint density at radius 1 is 1.06 bits per heavy atom. The predicted octanol–water partition coefficient (Wildman–Crippen LogP) is 6.55. The van der Waals surface area contributed by atoms with Crippen molar-refractivity contribution in [3.63, 3.8) is 0 Å². The minimum atomic E-state index is -0.887. The van der Waals surface area contributed by atoms with Crippen LogP contribution in [0.1, 0.15) is 29.7 Å². The van der Waals surface area contributed by atoms with Crippen LogP contribution >= 0.6 is 34.5 Å². The number of aliphatic hydroxyl groups is 1. The first kappa shape index (κ1) is 23.0. The number of nitrogens with zero attached hydrogens (tertiary/aromatic N) is 2. The van der Waals surface area contributed by atoms with Gasteiger partial charge in [-0.3, -0.25) is 14.5 Å². The number of amides is 1. The van der Waals surface area contributed by atoms with Gasteiger partial charge in [-0.25, -0.2) is 4.98 Å². The number of carbonyl (C=O) groups excluding carboxylic acids is 2. The molecule has 1 saturated heterocycles. The second kappa shape index (κ2) is 8.62. The SMILES string of the molecule is C[C@@H]1Cc2cc(C(O)=C3C(=O)C(=O)N(c4nc5ccc(Cl)cc5s4)[C@H]3c3ccc(Cl)cc3)ccc2O1. The minimum absolute atomic E-state index is 0.00785. The zero-order valence-corrected chi connectivity index (χ0v) is 21.2. The molecule has 0 aliphatic carbocycles. The molecule has 2 atom stereocenters. The van der Waals surface area contributed by atoms with Crippen LogP contribution in [-0.4, -0.2) is 27.9 Å². The summed E-state index contributed by atoms with van der Waals surface area (Å²) in [7, 11) is 0. The Morgan fingerprint density at radius 2 is 1.81 bits per heavy atom. The van der Waals surface area contributed by atoms with E-state index in [2.05, 4.69) is 4.98 Å². The van der Waals surface area contributed by atoms with Crippen LogP contribution in [0.3, 0.4) is 0 Å². The molecule has 1 N–H and O–H groups in total. The number of aromatic nitrogens is 1. The first-order valence-electron chi connectivity index (χ1n) is 11.2. The van der Waals surface area contributed by atoms with Gasteiger partial charge in [0.15, 0.2) is 5.13 Å². The molecule has 3 aromatic carbocycles. The number of ether oxygens (including phenoxy) is 1. The molecule has 2 aliphatic heterocycles. The van der Waals surface area contributed by atoms with Crippen LogP contribution in [0.15, 0.2) is 66.2 Å². The molecular weight excluding hydrogens is 519 g/mol. The second-order valence-corrected chi connectivity index (χ2v) is 10.7. The number of Topliss-reactive ketones (excluding diaryl/α,β-unsaturated/α-hetero) is 1. The third-order valence-corrected chi connectivity index (χ3v) is 7.85. The molecule has 0 bridgehead atoms. The summed E-state index contributed by atoms with van der Waals surface area (Å²) in [5, 5.41) is 12.8. The Morgan fingerprint density at radius 3 is 2.58 bits per heavy atom. The summed E-state index contributed by atoms with van der Waals surface area (Å²) in [6.07, 6.45) is 0.726. The quantitative estimate of drug-likeness (QED) is 0.182. The Kier molecular flexibility index (Phi) is 5.52. The number of aliphatic hydroxyl groups excluding tert-OH is 1. The van der Waals surface area contributed by atoms with E-state index < -0.39 is 17.7 Å². The molecule has 4 aromatic rings. The maximum atomic E-state index is 13.4. The molecule has 36 heavy (non-hydrogen) atoms. The zero-order valence-electron chi connectivity index (χ0n) is 18.9. The van der Waals surface area contributed by atoms with Crippen molar-refractivity contribution in [2.24, 2.45) is 0 Å². The number of fused-ring (bicyclic) bond motifs is 2. The molecule has 1 fully saturated rings. The van der Waals surface area contributed by atoms with Gasteiger partial charge in [0.25, 0.3) is 5.78 Å². The van der Waals surface area contributed by atoms with E-state index in [1.165, 1.54) is 16.2 Å². The lowest BCUT2D eigenvalue weighted by molar-refractivity contribution is -0.132. The molecule has 0 spiro atoms. The average Bonchev–Trinajstić information content (AvgIpc) is 3.51. The summed E-state index contributed by atoms with van der Waals surface area (Å²) in [6.45, 7) is 1.97. The van der Waals surface area contributed by atoms with E-state index in [9.17, 15) is 14.7 Å². The van der Waals surface area contributed by atoms with Crippen LogP contribution in [0.4, 0.5) is 5.13 Å². The topological polar surface area (TPSA) is 79.7 Å². The average molecular weight is 537 g/mol. The van der Waals surface area contributed by atoms with E-state index in [1.54, 1.807) is 60.7 Å². The van der Waals surface area contributed by atoms with E-state index >= 15 is 0 Å². The highest BCUT2D eigenvalue weighted by molar-refractivity contribution is 7.22. The van der Waals surface area contributed by atoms with Gasteiger partial charge in [-0.1, -0.05) is 46.7 Å². The largest absolute Gasteiger partial charge is 0.507 e. The Balaban J connectivity index is 1.53. The molecule has 9 heteroatoms. The normalized spacial score (nSPS) is 20.7. The Labute approximate surface area is 220 Å². The molecule has 2 aliphatic rings. The van der Waals surface area contributed by atoms with Gasteiger partial charge in [-0.2, -0.15) is 0 Å². The van der Waals surface area contributed by atoms with Crippen LogP contribution < -0.4 is 9.64 Å². The fourth-order valence-electron chi connectivity index (χ4n) is 4.70. The van der Waals surface area contributed by atoms with Crippen LogP contribution in [0.2, 0.25) is 10.0 Å². The van der Waals surface area contributed by atoms with Crippen molar-refractivity contribution in [1.29, 1.82) is 0 Å². The smallest absolute Gasteiger partial charge is 0.301 e. The molecular formula is C27H18Cl2N2O4S. The van der Waals surface area contributed by atoms with Crippen molar-refractivity contribution in [2.75, 3.05) is 4.90 Å². The first-order valence-corrected chi connectivity index (χ1v) is 12.8. The maximum Gasteiger partial charge on any atom is 0.301 e. The van der Waals surface area contributed by atoms with Gasteiger partial charge in [0.1, 0.15) is 17.6 Å². The number of thiazole rings is 1. The second-order valence-electron chi connectivity index (χ2n) is 8.78. The highest BCUT2D eigenvalue weighted by Gasteiger charge is 2.48.